The number of aliphatic hydroxyl groups excluding tert-OH is 1. The molecule has 0 aromatic carbocycles. The van der Waals surface area contributed by atoms with Gasteiger partial charge in [-0.25, -0.2) is 0 Å². The Morgan fingerprint density at radius 3 is 2.80 bits per heavy atom. The Hall–Kier alpha value is -0.830. The van der Waals surface area contributed by atoms with Crippen molar-refractivity contribution in [2.24, 2.45) is 0 Å². The van der Waals surface area contributed by atoms with Crippen molar-refractivity contribution in [1.82, 2.24) is 5.32 Å². The van der Waals surface area contributed by atoms with E-state index in [1.807, 2.05) is 0 Å². The standard InChI is InChI=1S/C7H13NO2/c1-3-7(4-5-9)8-6(2)10/h3,7,9H,1,4-5H2,2H3,(H,8,10). The van der Waals surface area contributed by atoms with Gasteiger partial charge in [-0.15, -0.1) is 6.58 Å². The maximum Gasteiger partial charge on any atom is 0.217 e. The van der Waals surface area contributed by atoms with Gasteiger partial charge < -0.3 is 10.4 Å². The van der Waals surface area contributed by atoms with Crippen molar-refractivity contribution in [2.45, 2.75) is 19.4 Å². The molecule has 0 fully saturated rings. The zero-order chi connectivity index (χ0) is 7.98. The molecule has 3 nitrogen and oxygen atoms in total. The van der Waals surface area contributed by atoms with E-state index < -0.39 is 0 Å². The van der Waals surface area contributed by atoms with Gasteiger partial charge >= 0.3 is 0 Å². The van der Waals surface area contributed by atoms with Crippen LogP contribution in [-0.4, -0.2) is 23.7 Å². The number of hydrogen-bond donors (Lipinski definition) is 2. The molecule has 0 spiro atoms. The molecular weight excluding hydrogens is 130 g/mol. The monoisotopic (exact) mass is 143 g/mol. The topological polar surface area (TPSA) is 49.3 Å². The molecule has 1 amide bonds. The molecule has 0 saturated carbocycles. The smallest absolute Gasteiger partial charge is 0.217 e. The van der Waals surface area contributed by atoms with Crippen LogP contribution in [0.1, 0.15) is 13.3 Å². The van der Waals surface area contributed by atoms with Crippen LogP contribution in [0.4, 0.5) is 0 Å². The fourth-order valence-corrected chi connectivity index (χ4v) is 0.649. The van der Waals surface area contributed by atoms with E-state index in [4.69, 9.17) is 5.11 Å². The largest absolute Gasteiger partial charge is 0.396 e. The summed E-state index contributed by atoms with van der Waals surface area (Å²) >= 11 is 0. The van der Waals surface area contributed by atoms with Gasteiger partial charge in [0.25, 0.3) is 0 Å². The molecule has 1 atom stereocenters. The van der Waals surface area contributed by atoms with E-state index in [0.717, 1.165) is 0 Å². The molecule has 0 aliphatic carbocycles. The molecule has 0 aromatic heterocycles. The van der Waals surface area contributed by atoms with Crippen LogP contribution in [-0.2, 0) is 4.79 Å². The number of rotatable bonds is 4. The first-order valence-electron chi connectivity index (χ1n) is 3.21. The molecular formula is C7H13NO2. The molecule has 0 saturated heterocycles. The summed E-state index contributed by atoms with van der Waals surface area (Å²) in [5.74, 6) is -0.0987. The van der Waals surface area contributed by atoms with Gasteiger partial charge in [0.05, 0.1) is 0 Å². The van der Waals surface area contributed by atoms with Crippen molar-refractivity contribution >= 4 is 5.91 Å². The summed E-state index contributed by atoms with van der Waals surface area (Å²) in [5, 5.41) is 11.1. The minimum Gasteiger partial charge on any atom is -0.396 e. The number of amides is 1. The highest BCUT2D eigenvalue weighted by atomic mass is 16.3. The molecule has 0 bridgehead atoms. The van der Waals surface area contributed by atoms with Gasteiger partial charge in [-0.3, -0.25) is 4.79 Å². The van der Waals surface area contributed by atoms with Gasteiger partial charge in [0, 0.05) is 19.6 Å². The summed E-state index contributed by atoms with van der Waals surface area (Å²) < 4.78 is 0. The van der Waals surface area contributed by atoms with Crippen LogP contribution in [0.5, 0.6) is 0 Å². The molecule has 0 aliphatic rings. The highest BCUT2D eigenvalue weighted by Gasteiger charge is 2.02. The quantitative estimate of drug-likeness (QED) is 0.547. The predicted molar refractivity (Wildman–Crippen MR) is 39.5 cm³/mol. The Bertz CT molecular complexity index is 123. The summed E-state index contributed by atoms with van der Waals surface area (Å²) in [6.07, 6.45) is 2.14. The third-order valence-electron chi connectivity index (χ3n) is 1.11. The Balaban J connectivity index is 3.59. The van der Waals surface area contributed by atoms with E-state index in [2.05, 4.69) is 11.9 Å². The van der Waals surface area contributed by atoms with Crippen LogP contribution in [0.2, 0.25) is 0 Å². The summed E-state index contributed by atoms with van der Waals surface area (Å²) in [6, 6.07) is -0.0949. The number of nitrogens with one attached hydrogen (secondary N) is 1. The summed E-state index contributed by atoms with van der Waals surface area (Å²) in [5.41, 5.74) is 0. The first-order valence-corrected chi connectivity index (χ1v) is 3.21. The number of aliphatic hydroxyl groups is 1. The van der Waals surface area contributed by atoms with Gasteiger partial charge in [-0.2, -0.15) is 0 Å². The van der Waals surface area contributed by atoms with Crippen LogP contribution in [0.15, 0.2) is 12.7 Å². The van der Waals surface area contributed by atoms with Gasteiger partial charge in [-0.1, -0.05) is 6.08 Å². The van der Waals surface area contributed by atoms with Gasteiger partial charge in [0.2, 0.25) is 5.91 Å². The lowest BCUT2D eigenvalue weighted by Crippen LogP contribution is -2.31. The number of hydrogen-bond acceptors (Lipinski definition) is 2. The molecule has 0 aromatic rings. The fraction of sp³-hybridized carbons (Fsp3) is 0.571. The van der Waals surface area contributed by atoms with Crippen LogP contribution in [0.25, 0.3) is 0 Å². The minimum absolute atomic E-state index is 0.0664. The zero-order valence-corrected chi connectivity index (χ0v) is 6.13. The lowest BCUT2D eigenvalue weighted by molar-refractivity contribution is -0.119. The van der Waals surface area contributed by atoms with E-state index in [1.54, 1.807) is 6.08 Å². The van der Waals surface area contributed by atoms with Gasteiger partial charge in [0.1, 0.15) is 0 Å². The van der Waals surface area contributed by atoms with E-state index in [0.29, 0.717) is 6.42 Å². The zero-order valence-electron chi connectivity index (χ0n) is 6.13. The molecule has 0 heterocycles. The third kappa shape index (κ3) is 4.09. The maximum atomic E-state index is 10.4. The average Bonchev–Trinajstić information content (AvgIpc) is 1.86. The Morgan fingerprint density at radius 1 is 1.90 bits per heavy atom. The molecule has 0 aliphatic heterocycles. The second-order valence-corrected chi connectivity index (χ2v) is 2.06. The van der Waals surface area contributed by atoms with Crippen molar-refractivity contribution < 1.29 is 9.90 Å². The van der Waals surface area contributed by atoms with Crippen molar-refractivity contribution in [3.8, 4) is 0 Å². The van der Waals surface area contributed by atoms with Crippen molar-refractivity contribution in [1.29, 1.82) is 0 Å². The van der Waals surface area contributed by atoms with Crippen molar-refractivity contribution in [3.05, 3.63) is 12.7 Å². The first-order chi connectivity index (χ1) is 4.70. The van der Waals surface area contributed by atoms with E-state index in [-0.39, 0.29) is 18.6 Å². The second-order valence-electron chi connectivity index (χ2n) is 2.06. The highest BCUT2D eigenvalue weighted by molar-refractivity contribution is 5.73. The van der Waals surface area contributed by atoms with Crippen LogP contribution >= 0.6 is 0 Å². The van der Waals surface area contributed by atoms with Crippen LogP contribution in [0, 0.1) is 0 Å². The Labute approximate surface area is 60.7 Å². The third-order valence-corrected chi connectivity index (χ3v) is 1.11. The van der Waals surface area contributed by atoms with Gasteiger partial charge in [-0.05, 0) is 6.42 Å². The number of carbonyl (C=O) groups is 1. The Kier molecular flexibility index (Phi) is 4.58. The fourth-order valence-electron chi connectivity index (χ4n) is 0.649. The van der Waals surface area contributed by atoms with Crippen LogP contribution < -0.4 is 5.32 Å². The Morgan fingerprint density at radius 2 is 2.50 bits per heavy atom. The van der Waals surface area contributed by atoms with Crippen LogP contribution in [0.3, 0.4) is 0 Å². The molecule has 1 unspecified atom stereocenters. The molecule has 10 heavy (non-hydrogen) atoms. The molecule has 58 valence electrons. The normalized spacial score (nSPS) is 12.2. The maximum absolute atomic E-state index is 10.4. The molecule has 0 rings (SSSR count). The van der Waals surface area contributed by atoms with Crippen molar-refractivity contribution in [3.63, 3.8) is 0 Å². The van der Waals surface area contributed by atoms with E-state index in [1.165, 1.54) is 6.92 Å². The summed E-state index contributed by atoms with van der Waals surface area (Å²) in [6.45, 7) is 5.01. The van der Waals surface area contributed by atoms with E-state index >= 15 is 0 Å². The molecule has 3 heteroatoms. The molecule has 2 N–H and O–H groups in total. The predicted octanol–water partition coefficient (Wildman–Crippen LogP) is 0.0595. The second kappa shape index (κ2) is 4.99. The summed E-state index contributed by atoms with van der Waals surface area (Å²) in [4.78, 5) is 10.4. The SMILES string of the molecule is C=CC(CCO)NC(C)=O. The lowest BCUT2D eigenvalue weighted by atomic mass is 10.2. The molecule has 0 radical (unpaired) electrons. The lowest BCUT2D eigenvalue weighted by Gasteiger charge is -2.10. The van der Waals surface area contributed by atoms with E-state index in [9.17, 15) is 4.79 Å². The van der Waals surface area contributed by atoms with Crippen molar-refractivity contribution in [2.75, 3.05) is 6.61 Å². The minimum atomic E-state index is -0.0987. The van der Waals surface area contributed by atoms with Gasteiger partial charge in [0.15, 0.2) is 0 Å². The summed E-state index contributed by atoms with van der Waals surface area (Å²) in [7, 11) is 0. The highest BCUT2D eigenvalue weighted by Crippen LogP contribution is 1.90. The average molecular weight is 143 g/mol. The first kappa shape index (κ1) is 9.17. The number of carbonyl (C=O) groups excluding carboxylic acids is 1.